The number of hydrogen-bond acceptors (Lipinski definition) is 6. The Kier molecular flexibility index (Phi) is 5.69. The fourth-order valence-corrected chi connectivity index (χ4v) is 3.82. The average molecular weight is 417 g/mol. The molecule has 4 rings (SSSR count). The number of benzene rings is 1. The molecule has 0 spiro atoms. The van der Waals surface area contributed by atoms with Crippen LogP contribution in [0.3, 0.4) is 0 Å². The van der Waals surface area contributed by atoms with Crippen molar-refractivity contribution in [2.75, 3.05) is 0 Å². The Bertz CT molecular complexity index is 1140. The van der Waals surface area contributed by atoms with Crippen LogP contribution in [0.2, 0.25) is 0 Å². The zero-order chi connectivity index (χ0) is 22.0. The number of aromatic nitrogens is 3. The van der Waals surface area contributed by atoms with E-state index in [0.29, 0.717) is 40.9 Å². The Balaban J connectivity index is 1.53. The lowest BCUT2D eigenvalue weighted by molar-refractivity contribution is 0.0866. The number of nitriles is 1. The molecule has 31 heavy (non-hydrogen) atoms. The number of aliphatic hydroxyl groups excluding tert-OH is 1. The van der Waals surface area contributed by atoms with Gasteiger partial charge in [-0.05, 0) is 61.9 Å². The van der Waals surface area contributed by atoms with E-state index in [9.17, 15) is 15.0 Å². The van der Waals surface area contributed by atoms with Gasteiger partial charge in [0.15, 0.2) is 5.82 Å². The average Bonchev–Trinajstić information content (AvgIpc) is 3.16. The van der Waals surface area contributed by atoms with Gasteiger partial charge in [0.1, 0.15) is 0 Å². The van der Waals surface area contributed by atoms with E-state index in [4.69, 9.17) is 5.26 Å². The summed E-state index contributed by atoms with van der Waals surface area (Å²) >= 11 is 0. The van der Waals surface area contributed by atoms with Crippen molar-refractivity contribution in [2.24, 2.45) is 0 Å². The van der Waals surface area contributed by atoms with Gasteiger partial charge in [0.25, 0.3) is 5.91 Å². The van der Waals surface area contributed by atoms with Crippen LogP contribution in [-0.2, 0) is 0 Å². The van der Waals surface area contributed by atoms with Crippen LogP contribution in [0.5, 0.6) is 5.88 Å². The lowest BCUT2D eigenvalue weighted by Gasteiger charge is -2.26. The molecule has 1 aromatic carbocycles. The maximum Gasteiger partial charge on any atom is 0.253 e. The normalized spacial score (nSPS) is 18.4. The lowest BCUT2D eigenvalue weighted by Crippen LogP contribution is -2.38. The molecule has 3 N–H and O–H groups in total. The third kappa shape index (κ3) is 4.27. The molecule has 1 fully saturated rings. The van der Waals surface area contributed by atoms with Gasteiger partial charge in [-0.15, -0.1) is 0 Å². The van der Waals surface area contributed by atoms with Crippen LogP contribution in [0.25, 0.3) is 16.9 Å². The van der Waals surface area contributed by atoms with Gasteiger partial charge in [0.2, 0.25) is 5.88 Å². The number of aliphatic hydroxyl groups is 1. The van der Waals surface area contributed by atoms with E-state index >= 15 is 0 Å². The number of carbonyl (C=O) groups excluding carboxylic acids is 1. The highest BCUT2D eigenvalue weighted by Crippen LogP contribution is 2.31. The van der Waals surface area contributed by atoms with Crippen molar-refractivity contribution in [1.29, 1.82) is 5.26 Å². The fraction of sp³-hybridized carbons (Fsp3) is 0.304. The Morgan fingerprint density at radius 3 is 2.55 bits per heavy atom. The minimum atomic E-state index is -0.272. The molecule has 158 valence electrons. The zero-order valence-corrected chi connectivity index (χ0v) is 17.1. The van der Waals surface area contributed by atoms with E-state index < -0.39 is 0 Å². The number of aromatic hydroxyl groups is 1. The maximum atomic E-state index is 12.7. The summed E-state index contributed by atoms with van der Waals surface area (Å²) in [4.78, 5) is 17.0. The van der Waals surface area contributed by atoms with Crippen LogP contribution in [-0.4, -0.2) is 43.0 Å². The van der Waals surface area contributed by atoms with E-state index in [1.807, 2.05) is 6.92 Å². The van der Waals surface area contributed by atoms with Gasteiger partial charge in [-0.25, -0.2) is 4.98 Å². The van der Waals surface area contributed by atoms with Crippen LogP contribution >= 0.6 is 0 Å². The molecule has 0 bridgehead atoms. The predicted octanol–water partition coefficient (Wildman–Crippen LogP) is 2.85. The van der Waals surface area contributed by atoms with Crippen LogP contribution in [0.1, 0.15) is 47.2 Å². The summed E-state index contributed by atoms with van der Waals surface area (Å²) in [6, 6.07) is 10.7. The van der Waals surface area contributed by atoms with Crippen molar-refractivity contribution in [2.45, 2.75) is 44.8 Å². The monoisotopic (exact) mass is 417 g/mol. The second kappa shape index (κ2) is 8.58. The summed E-state index contributed by atoms with van der Waals surface area (Å²) in [6.45, 7) is 1.81. The molecule has 1 aliphatic rings. The SMILES string of the molecule is Cc1cc(-n2ncc(-c3ccc(C#N)cc3)c2O)ncc1C(=O)N[C@H]1CC[C@H](O)CC1. The van der Waals surface area contributed by atoms with Gasteiger partial charge in [-0.2, -0.15) is 15.0 Å². The van der Waals surface area contributed by atoms with Gasteiger partial charge in [-0.3, -0.25) is 4.79 Å². The van der Waals surface area contributed by atoms with Gasteiger partial charge in [-0.1, -0.05) is 12.1 Å². The second-order valence-corrected chi connectivity index (χ2v) is 7.82. The first-order valence-corrected chi connectivity index (χ1v) is 10.2. The molecule has 2 heterocycles. The number of nitrogens with zero attached hydrogens (tertiary/aromatic N) is 4. The fourth-order valence-electron chi connectivity index (χ4n) is 3.82. The topological polar surface area (TPSA) is 124 Å². The van der Waals surface area contributed by atoms with Crippen molar-refractivity contribution in [3.05, 3.63) is 59.4 Å². The van der Waals surface area contributed by atoms with E-state index in [1.165, 1.54) is 17.1 Å². The third-order valence-corrected chi connectivity index (χ3v) is 5.66. The van der Waals surface area contributed by atoms with Crippen LogP contribution < -0.4 is 5.32 Å². The Morgan fingerprint density at radius 1 is 1.19 bits per heavy atom. The molecule has 0 atom stereocenters. The highest BCUT2D eigenvalue weighted by Gasteiger charge is 2.22. The number of carbonyl (C=O) groups is 1. The summed E-state index contributed by atoms with van der Waals surface area (Å²) in [5.74, 6) is 0.128. The molecule has 0 radical (unpaired) electrons. The molecule has 0 aliphatic heterocycles. The molecular formula is C23H23N5O3. The highest BCUT2D eigenvalue weighted by molar-refractivity contribution is 5.95. The molecule has 8 nitrogen and oxygen atoms in total. The van der Waals surface area contributed by atoms with Crippen molar-refractivity contribution < 1.29 is 15.0 Å². The molecule has 0 saturated heterocycles. The minimum absolute atomic E-state index is 0.0557. The van der Waals surface area contributed by atoms with Crippen molar-refractivity contribution >= 4 is 5.91 Å². The largest absolute Gasteiger partial charge is 0.493 e. The lowest BCUT2D eigenvalue weighted by atomic mass is 9.93. The number of rotatable bonds is 4. The highest BCUT2D eigenvalue weighted by atomic mass is 16.3. The first kappa shape index (κ1) is 20.6. The number of amides is 1. The molecule has 3 aromatic rings. The number of nitrogens with one attached hydrogen (secondary N) is 1. The van der Waals surface area contributed by atoms with E-state index in [1.54, 1.807) is 30.3 Å². The van der Waals surface area contributed by atoms with E-state index in [0.717, 1.165) is 18.4 Å². The molecule has 0 unspecified atom stereocenters. The third-order valence-electron chi connectivity index (χ3n) is 5.66. The predicted molar refractivity (Wildman–Crippen MR) is 114 cm³/mol. The molecule has 1 saturated carbocycles. The molecule has 1 amide bonds. The van der Waals surface area contributed by atoms with Gasteiger partial charge in [0, 0.05) is 12.2 Å². The first-order chi connectivity index (χ1) is 15.0. The van der Waals surface area contributed by atoms with Crippen LogP contribution in [0, 0.1) is 18.3 Å². The van der Waals surface area contributed by atoms with Crippen LogP contribution in [0.15, 0.2) is 42.7 Å². The van der Waals surface area contributed by atoms with Gasteiger partial charge >= 0.3 is 0 Å². The minimum Gasteiger partial charge on any atom is -0.493 e. The van der Waals surface area contributed by atoms with Crippen molar-refractivity contribution in [3.8, 4) is 28.9 Å². The molecular weight excluding hydrogens is 394 g/mol. The van der Waals surface area contributed by atoms with Crippen LogP contribution in [0.4, 0.5) is 0 Å². The van der Waals surface area contributed by atoms with E-state index in [2.05, 4.69) is 21.5 Å². The summed E-state index contributed by atoms with van der Waals surface area (Å²) in [5, 5.41) is 36.5. The number of pyridine rings is 1. The number of hydrogen-bond donors (Lipinski definition) is 3. The van der Waals surface area contributed by atoms with Crippen molar-refractivity contribution in [3.63, 3.8) is 0 Å². The Labute approximate surface area is 179 Å². The maximum absolute atomic E-state index is 12.7. The summed E-state index contributed by atoms with van der Waals surface area (Å²) in [7, 11) is 0. The van der Waals surface area contributed by atoms with Crippen molar-refractivity contribution in [1.82, 2.24) is 20.1 Å². The molecule has 8 heteroatoms. The molecule has 2 aromatic heterocycles. The summed E-state index contributed by atoms with van der Waals surface area (Å²) in [6.07, 6.45) is 5.66. The Hall–Kier alpha value is -3.70. The smallest absolute Gasteiger partial charge is 0.253 e. The standard InChI is InChI=1S/C23H23N5O3/c1-14-10-21(25-12-19(14)22(30)27-17-6-8-18(29)9-7-17)28-23(31)20(13-26-28)16-4-2-15(11-24)3-5-16/h2-5,10,12-13,17-18,29,31H,6-9H2,1H3,(H,27,30)/t17-,18-. The quantitative estimate of drug-likeness (QED) is 0.600. The Morgan fingerprint density at radius 2 is 1.90 bits per heavy atom. The second-order valence-electron chi connectivity index (χ2n) is 7.82. The zero-order valence-electron chi connectivity index (χ0n) is 17.1. The summed E-state index contributed by atoms with van der Waals surface area (Å²) < 4.78 is 1.31. The number of aryl methyl sites for hydroxylation is 1. The first-order valence-electron chi connectivity index (χ1n) is 10.2. The van der Waals surface area contributed by atoms with E-state index in [-0.39, 0.29) is 23.9 Å². The summed E-state index contributed by atoms with van der Waals surface area (Å²) in [5.41, 5.74) is 2.96. The van der Waals surface area contributed by atoms with Gasteiger partial charge < -0.3 is 15.5 Å². The molecule has 1 aliphatic carbocycles. The van der Waals surface area contributed by atoms with Gasteiger partial charge in [0.05, 0.1) is 35.1 Å².